The number of aliphatic hydroxyl groups excluding tert-OH is 1. The van der Waals surface area contributed by atoms with Crippen LogP contribution in [-0.4, -0.2) is 11.2 Å². The maximum absolute atomic E-state index is 13.8. The Morgan fingerprint density at radius 1 is 1.33 bits per heavy atom. The van der Waals surface area contributed by atoms with Crippen molar-refractivity contribution >= 4 is 15.9 Å². The van der Waals surface area contributed by atoms with Crippen molar-refractivity contribution in [1.82, 2.24) is 0 Å². The van der Waals surface area contributed by atoms with Crippen LogP contribution >= 0.6 is 15.9 Å². The van der Waals surface area contributed by atoms with Gasteiger partial charge in [-0.25, -0.2) is 4.39 Å². The zero-order valence-corrected chi connectivity index (χ0v) is 10.0. The molecule has 1 aliphatic carbocycles. The standard InChI is InChI=1S/C12H14BrFO/c13-11-6-2-5-10(12(11)14)8-3-1-4-9(15)7-8/h2,5-6,8-9,15H,1,3-4,7H2. The Balaban J connectivity index is 2.24. The third-order valence-electron chi connectivity index (χ3n) is 3.07. The third kappa shape index (κ3) is 2.40. The molecule has 1 aliphatic rings. The van der Waals surface area contributed by atoms with Crippen LogP contribution in [0.3, 0.4) is 0 Å². The zero-order chi connectivity index (χ0) is 10.8. The molecule has 82 valence electrons. The van der Waals surface area contributed by atoms with Crippen molar-refractivity contribution in [2.75, 3.05) is 0 Å². The molecule has 0 spiro atoms. The number of benzene rings is 1. The van der Waals surface area contributed by atoms with Crippen LogP contribution in [0, 0.1) is 5.82 Å². The van der Waals surface area contributed by atoms with Crippen molar-refractivity contribution in [3.8, 4) is 0 Å². The lowest BCUT2D eigenvalue weighted by atomic mass is 9.82. The molecule has 1 nitrogen and oxygen atoms in total. The minimum atomic E-state index is -0.262. The first kappa shape index (κ1) is 11.1. The quantitative estimate of drug-likeness (QED) is 0.828. The van der Waals surface area contributed by atoms with Gasteiger partial charge >= 0.3 is 0 Å². The largest absolute Gasteiger partial charge is 0.393 e. The van der Waals surface area contributed by atoms with Gasteiger partial charge in [-0.2, -0.15) is 0 Å². The molecule has 1 aromatic rings. The van der Waals surface area contributed by atoms with Crippen LogP contribution in [0.2, 0.25) is 0 Å². The van der Waals surface area contributed by atoms with Gasteiger partial charge in [0.2, 0.25) is 0 Å². The Morgan fingerprint density at radius 2 is 2.13 bits per heavy atom. The maximum atomic E-state index is 13.8. The van der Waals surface area contributed by atoms with Gasteiger partial charge < -0.3 is 5.11 Å². The first-order valence-electron chi connectivity index (χ1n) is 5.30. The van der Waals surface area contributed by atoms with Gasteiger partial charge in [-0.1, -0.05) is 18.6 Å². The molecule has 0 bridgehead atoms. The molecular weight excluding hydrogens is 259 g/mol. The van der Waals surface area contributed by atoms with Crippen LogP contribution in [0.1, 0.15) is 37.2 Å². The molecule has 2 rings (SSSR count). The average molecular weight is 273 g/mol. The lowest BCUT2D eigenvalue weighted by Gasteiger charge is -2.26. The highest BCUT2D eigenvalue weighted by molar-refractivity contribution is 9.10. The molecule has 0 aliphatic heterocycles. The highest BCUT2D eigenvalue weighted by Gasteiger charge is 2.24. The summed E-state index contributed by atoms with van der Waals surface area (Å²) in [4.78, 5) is 0. The van der Waals surface area contributed by atoms with Gasteiger partial charge in [-0.3, -0.25) is 0 Å². The number of hydrogen-bond acceptors (Lipinski definition) is 1. The average Bonchev–Trinajstić information content (AvgIpc) is 2.22. The fourth-order valence-corrected chi connectivity index (χ4v) is 2.66. The first-order valence-corrected chi connectivity index (χ1v) is 6.09. The topological polar surface area (TPSA) is 20.2 Å². The van der Waals surface area contributed by atoms with Crippen LogP contribution in [0.4, 0.5) is 4.39 Å². The Labute approximate surface area is 97.4 Å². The minimum Gasteiger partial charge on any atom is -0.393 e. The lowest BCUT2D eigenvalue weighted by molar-refractivity contribution is 0.119. The molecule has 1 aromatic carbocycles. The molecule has 2 atom stereocenters. The molecule has 0 saturated heterocycles. The summed E-state index contributed by atoms with van der Waals surface area (Å²) in [6, 6.07) is 5.38. The fourth-order valence-electron chi connectivity index (χ4n) is 2.28. The Kier molecular flexibility index (Phi) is 3.42. The SMILES string of the molecule is OC1CCCC(c2cccc(Br)c2F)C1. The summed E-state index contributed by atoms with van der Waals surface area (Å²) in [5.74, 6) is 0.00264. The highest BCUT2D eigenvalue weighted by Crippen LogP contribution is 2.35. The van der Waals surface area contributed by atoms with Gasteiger partial charge in [0.15, 0.2) is 0 Å². The minimum absolute atomic E-state index is 0.170. The normalized spacial score (nSPS) is 26.6. The lowest BCUT2D eigenvalue weighted by Crippen LogP contribution is -2.18. The Morgan fingerprint density at radius 3 is 2.87 bits per heavy atom. The van der Waals surface area contributed by atoms with Gasteiger partial charge in [-0.15, -0.1) is 0 Å². The summed E-state index contributed by atoms with van der Waals surface area (Å²) in [7, 11) is 0. The van der Waals surface area contributed by atoms with E-state index in [4.69, 9.17) is 0 Å². The van der Waals surface area contributed by atoms with Crippen molar-refractivity contribution in [3.63, 3.8) is 0 Å². The van der Waals surface area contributed by atoms with E-state index < -0.39 is 0 Å². The molecule has 1 fully saturated rings. The number of aliphatic hydroxyl groups is 1. The molecule has 0 heterocycles. The van der Waals surface area contributed by atoms with Crippen molar-refractivity contribution in [1.29, 1.82) is 0 Å². The summed E-state index contributed by atoms with van der Waals surface area (Å²) >= 11 is 3.19. The second kappa shape index (κ2) is 4.62. The number of hydrogen-bond donors (Lipinski definition) is 1. The van der Waals surface area contributed by atoms with Crippen LogP contribution in [0.25, 0.3) is 0 Å². The summed E-state index contributed by atoms with van der Waals surface area (Å²) < 4.78 is 14.3. The molecule has 15 heavy (non-hydrogen) atoms. The molecular formula is C12H14BrFO. The smallest absolute Gasteiger partial charge is 0.140 e. The second-order valence-corrected chi connectivity index (χ2v) is 5.01. The summed E-state index contributed by atoms with van der Waals surface area (Å²) in [6.07, 6.45) is 3.24. The van der Waals surface area contributed by atoms with Crippen LogP contribution < -0.4 is 0 Å². The number of halogens is 2. The van der Waals surface area contributed by atoms with Crippen molar-refractivity contribution in [3.05, 3.63) is 34.1 Å². The highest BCUT2D eigenvalue weighted by atomic mass is 79.9. The molecule has 0 amide bonds. The molecule has 2 unspecified atom stereocenters. The second-order valence-electron chi connectivity index (χ2n) is 4.16. The predicted molar refractivity (Wildman–Crippen MR) is 61.3 cm³/mol. The van der Waals surface area contributed by atoms with E-state index in [1.807, 2.05) is 12.1 Å². The third-order valence-corrected chi connectivity index (χ3v) is 3.68. The van der Waals surface area contributed by atoms with E-state index in [2.05, 4.69) is 15.9 Å². The van der Waals surface area contributed by atoms with Crippen LogP contribution in [0.15, 0.2) is 22.7 Å². The maximum Gasteiger partial charge on any atom is 0.140 e. The van der Waals surface area contributed by atoms with E-state index in [0.717, 1.165) is 24.8 Å². The molecule has 3 heteroatoms. The van der Waals surface area contributed by atoms with Gasteiger partial charge in [0.1, 0.15) is 5.82 Å². The van der Waals surface area contributed by atoms with E-state index in [-0.39, 0.29) is 17.8 Å². The van der Waals surface area contributed by atoms with Gasteiger partial charge in [0, 0.05) is 0 Å². The first-order chi connectivity index (χ1) is 7.18. The van der Waals surface area contributed by atoms with Crippen molar-refractivity contribution < 1.29 is 9.50 Å². The van der Waals surface area contributed by atoms with Crippen molar-refractivity contribution in [2.24, 2.45) is 0 Å². The summed E-state index contributed by atoms with van der Waals surface area (Å²) in [5.41, 5.74) is 0.739. The molecule has 0 radical (unpaired) electrons. The monoisotopic (exact) mass is 272 g/mol. The predicted octanol–water partition coefficient (Wildman–Crippen LogP) is 3.61. The molecule has 1 saturated carbocycles. The summed E-state index contributed by atoms with van der Waals surface area (Å²) in [5, 5.41) is 9.57. The van der Waals surface area contributed by atoms with Gasteiger partial charge in [-0.05, 0) is 52.7 Å². The van der Waals surface area contributed by atoms with Crippen molar-refractivity contribution in [2.45, 2.75) is 37.7 Å². The van der Waals surface area contributed by atoms with E-state index in [1.54, 1.807) is 6.07 Å². The van der Waals surface area contributed by atoms with E-state index in [1.165, 1.54) is 0 Å². The van der Waals surface area contributed by atoms with Crippen LogP contribution in [0.5, 0.6) is 0 Å². The fraction of sp³-hybridized carbons (Fsp3) is 0.500. The Bertz CT molecular complexity index is 353. The summed E-state index contributed by atoms with van der Waals surface area (Å²) in [6.45, 7) is 0. The molecule has 0 aromatic heterocycles. The van der Waals surface area contributed by atoms with E-state index >= 15 is 0 Å². The van der Waals surface area contributed by atoms with Gasteiger partial charge in [0.05, 0.1) is 10.6 Å². The number of rotatable bonds is 1. The molecule has 1 N–H and O–H groups in total. The Hall–Kier alpha value is -0.410. The van der Waals surface area contributed by atoms with E-state index in [9.17, 15) is 9.50 Å². The zero-order valence-electron chi connectivity index (χ0n) is 8.42. The van der Waals surface area contributed by atoms with Gasteiger partial charge in [0.25, 0.3) is 0 Å². The van der Waals surface area contributed by atoms with E-state index in [0.29, 0.717) is 10.9 Å². The van der Waals surface area contributed by atoms with Crippen LogP contribution in [-0.2, 0) is 0 Å².